The Kier molecular flexibility index (Phi) is 11.3. The minimum Gasteiger partial charge on any atom is -0.465 e. The minimum atomic E-state index is -4.28. The highest BCUT2D eigenvalue weighted by atomic mass is 79.9. The zero-order valence-corrected chi connectivity index (χ0v) is 25.4. The molecular weight excluding hydrogens is 582 g/mol. The van der Waals surface area contributed by atoms with Crippen LogP contribution in [0.15, 0.2) is 45.8 Å². The number of amides is 1. The van der Waals surface area contributed by atoms with Gasteiger partial charge in [-0.05, 0) is 88.7 Å². The number of ether oxygens (including phenoxy) is 3. The molecule has 38 heavy (non-hydrogen) atoms. The Morgan fingerprint density at radius 3 is 1.92 bits per heavy atom. The fraction of sp³-hybridized carbons (Fsp3) is 0.423. The first-order chi connectivity index (χ1) is 17.3. The lowest BCUT2D eigenvalue weighted by molar-refractivity contribution is -0.138. The molecule has 0 saturated heterocycles. The van der Waals surface area contributed by atoms with Crippen LogP contribution in [0.5, 0.6) is 5.75 Å². The summed E-state index contributed by atoms with van der Waals surface area (Å²) in [5, 5.41) is 0. The molecule has 0 radical (unpaired) electrons. The van der Waals surface area contributed by atoms with E-state index in [4.69, 9.17) is 13.7 Å². The number of carbonyl (C=O) groups excluding carboxylic acids is 3. The molecule has 12 heteroatoms. The van der Waals surface area contributed by atoms with Crippen LogP contribution in [0.25, 0.3) is 0 Å². The highest BCUT2D eigenvalue weighted by Gasteiger charge is 2.31. The number of halogens is 1. The lowest BCUT2D eigenvalue weighted by atomic mass is 10.1. The zero-order valence-electron chi connectivity index (χ0n) is 22.9. The van der Waals surface area contributed by atoms with Gasteiger partial charge in [0.15, 0.2) is 5.75 Å². The van der Waals surface area contributed by atoms with Gasteiger partial charge in [0, 0.05) is 7.05 Å². The average molecular weight is 617 g/mol. The molecule has 1 amide bonds. The maximum absolute atomic E-state index is 12.8. The Balaban J connectivity index is 0.000000905. The van der Waals surface area contributed by atoms with Crippen LogP contribution >= 0.6 is 15.9 Å². The van der Waals surface area contributed by atoms with Crippen LogP contribution < -0.4 is 9.08 Å². The molecule has 0 fully saturated rings. The van der Waals surface area contributed by atoms with Crippen LogP contribution in [0.3, 0.4) is 0 Å². The predicted octanol–water partition coefficient (Wildman–Crippen LogP) is 5.64. The molecule has 0 aliphatic rings. The quantitative estimate of drug-likeness (QED) is 0.175. The number of carbonyl (C=O) groups is 3. The monoisotopic (exact) mass is 615 g/mol. The van der Waals surface area contributed by atoms with Gasteiger partial charge in [0.25, 0.3) is 6.47 Å². The topological polar surface area (TPSA) is 126 Å². The first-order valence-electron chi connectivity index (χ1n) is 11.3. The van der Waals surface area contributed by atoms with Crippen molar-refractivity contribution in [3.63, 3.8) is 0 Å². The first kappa shape index (κ1) is 32.9. The second-order valence-electron chi connectivity index (χ2n) is 9.98. The van der Waals surface area contributed by atoms with E-state index < -0.39 is 27.8 Å². The van der Waals surface area contributed by atoms with Gasteiger partial charge in [0.1, 0.15) is 21.7 Å². The molecule has 0 atom stereocenters. The second-order valence-corrected chi connectivity index (χ2v) is 12.4. The van der Waals surface area contributed by atoms with E-state index in [1.807, 2.05) is 27.7 Å². The largest absolute Gasteiger partial charge is 0.465 e. The van der Waals surface area contributed by atoms with E-state index >= 15 is 0 Å². The molecule has 2 rings (SSSR count). The van der Waals surface area contributed by atoms with Gasteiger partial charge in [0.2, 0.25) is 0 Å². The number of anilines is 1. The Morgan fingerprint density at radius 2 is 1.50 bits per heavy atom. The van der Waals surface area contributed by atoms with Crippen molar-refractivity contribution in [3.8, 4) is 5.75 Å². The Morgan fingerprint density at radius 1 is 0.947 bits per heavy atom. The molecule has 0 heterocycles. The lowest BCUT2D eigenvalue weighted by Gasteiger charge is -2.26. The van der Waals surface area contributed by atoms with Gasteiger partial charge >= 0.3 is 22.2 Å². The highest BCUT2D eigenvalue weighted by Crippen LogP contribution is 2.38. The van der Waals surface area contributed by atoms with E-state index in [2.05, 4.69) is 20.7 Å². The maximum atomic E-state index is 12.8. The van der Waals surface area contributed by atoms with Crippen molar-refractivity contribution >= 4 is 50.3 Å². The normalized spacial score (nSPS) is 11.4. The van der Waals surface area contributed by atoms with Crippen LogP contribution in [0.1, 0.15) is 57.5 Å². The number of nitrogens with zero attached hydrogens (tertiary/aromatic N) is 1. The molecule has 0 aromatic heterocycles. The third kappa shape index (κ3) is 9.97. The summed E-state index contributed by atoms with van der Waals surface area (Å²) in [6, 6.07) is 8.95. The van der Waals surface area contributed by atoms with Crippen LogP contribution in [-0.4, -0.2) is 52.3 Å². The molecule has 0 saturated carbocycles. The number of hydrogen-bond acceptors (Lipinski definition) is 9. The number of rotatable bonds is 6. The molecule has 2 aromatic carbocycles. The standard InChI is InChI=1S/C21H24BrNO7S.C5H10O2/c1-13-7-9-14(10-8-13)31(26,27)30-18-15(22)11-12-16(17(18)19(24)28-6)23(5)20(25)29-21(2,3)4;1-5(2,3)7-4-6/h7-12H,1-6H3;4H,1-3H3. The van der Waals surface area contributed by atoms with E-state index in [1.165, 1.54) is 31.3 Å². The molecular formula is C26H34BrNO9S. The first-order valence-corrected chi connectivity index (χ1v) is 13.5. The molecule has 0 aliphatic heterocycles. The molecule has 210 valence electrons. The lowest BCUT2D eigenvalue weighted by Crippen LogP contribution is -2.35. The van der Waals surface area contributed by atoms with Crippen molar-refractivity contribution in [2.75, 3.05) is 19.1 Å². The molecule has 10 nitrogen and oxygen atoms in total. The Hall–Kier alpha value is -3.12. The fourth-order valence-electron chi connectivity index (χ4n) is 2.64. The van der Waals surface area contributed by atoms with Crippen molar-refractivity contribution in [1.29, 1.82) is 0 Å². The summed E-state index contributed by atoms with van der Waals surface area (Å²) < 4.78 is 45.9. The molecule has 0 spiro atoms. The summed E-state index contributed by atoms with van der Waals surface area (Å²) in [6.45, 7) is 12.8. The molecule has 2 aromatic rings. The summed E-state index contributed by atoms with van der Waals surface area (Å²) in [7, 11) is -1.75. The maximum Gasteiger partial charge on any atom is 0.414 e. The SMILES string of the molecule is CC(C)(C)OC=O.COC(=O)c1c(N(C)C(=O)OC(C)(C)C)ccc(Br)c1OS(=O)(=O)c1ccc(C)cc1. The number of methoxy groups -OCH3 is 1. The third-order valence-electron chi connectivity index (χ3n) is 4.41. The molecule has 0 aliphatic carbocycles. The highest BCUT2D eigenvalue weighted by molar-refractivity contribution is 9.10. The predicted molar refractivity (Wildman–Crippen MR) is 146 cm³/mol. The number of hydrogen-bond donors (Lipinski definition) is 0. The molecule has 0 unspecified atom stereocenters. The Labute approximate surface area is 232 Å². The van der Waals surface area contributed by atoms with Crippen molar-refractivity contribution in [3.05, 3.63) is 52.0 Å². The summed E-state index contributed by atoms with van der Waals surface area (Å²) in [4.78, 5) is 35.7. The van der Waals surface area contributed by atoms with Crippen LogP contribution in [-0.2, 0) is 29.1 Å². The number of aryl methyl sites for hydroxylation is 1. The molecule has 0 bridgehead atoms. The minimum absolute atomic E-state index is 0.0541. The van der Waals surface area contributed by atoms with E-state index in [0.717, 1.165) is 17.6 Å². The summed E-state index contributed by atoms with van der Waals surface area (Å²) in [6.07, 6.45) is -0.743. The fourth-order valence-corrected chi connectivity index (χ4v) is 4.12. The summed E-state index contributed by atoms with van der Waals surface area (Å²) in [5.74, 6) is -1.19. The van der Waals surface area contributed by atoms with E-state index in [0.29, 0.717) is 6.47 Å². The van der Waals surface area contributed by atoms with Crippen molar-refractivity contribution in [2.45, 2.75) is 64.6 Å². The van der Waals surface area contributed by atoms with Crippen molar-refractivity contribution in [1.82, 2.24) is 0 Å². The van der Waals surface area contributed by atoms with Crippen molar-refractivity contribution < 1.29 is 41.2 Å². The van der Waals surface area contributed by atoms with Crippen LogP contribution in [0.4, 0.5) is 10.5 Å². The smallest absolute Gasteiger partial charge is 0.414 e. The van der Waals surface area contributed by atoms with E-state index in [9.17, 15) is 22.8 Å². The van der Waals surface area contributed by atoms with Gasteiger partial charge in [-0.2, -0.15) is 8.42 Å². The van der Waals surface area contributed by atoms with Gasteiger partial charge in [-0.25, -0.2) is 9.59 Å². The van der Waals surface area contributed by atoms with E-state index in [-0.39, 0.29) is 32.0 Å². The number of esters is 1. The molecule has 0 N–H and O–H groups in total. The van der Waals surface area contributed by atoms with Crippen LogP contribution in [0.2, 0.25) is 0 Å². The van der Waals surface area contributed by atoms with Gasteiger partial charge in [-0.15, -0.1) is 0 Å². The summed E-state index contributed by atoms with van der Waals surface area (Å²) in [5.41, 5.74) is -0.419. The number of benzene rings is 2. The average Bonchev–Trinajstić information content (AvgIpc) is 2.78. The zero-order chi connectivity index (χ0) is 29.5. The van der Waals surface area contributed by atoms with Crippen molar-refractivity contribution in [2.24, 2.45) is 0 Å². The third-order valence-corrected chi connectivity index (χ3v) is 6.27. The Bertz CT molecular complexity index is 1250. The van der Waals surface area contributed by atoms with Gasteiger partial charge in [0.05, 0.1) is 17.3 Å². The summed E-state index contributed by atoms with van der Waals surface area (Å²) >= 11 is 3.22. The van der Waals surface area contributed by atoms with Crippen LogP contribution in [0, 0.1) is 6.92 Å². The van der Waals surface area contributed by atoms with Gasteiger partial charge in [-0.3, -0.25) is 9.69 Å². The van der Waals surface area contributed by atoms with E-state index in [1.54, 1.807) is 32.9 Å². The second kappa shape index (κ2) is 13.1. The van der Waals surface area contributed by atoms with Gasteiger partial charge in [-0.1, -0.05) is 17.7 Å². The van der Waals surface area contributed by atoms with Gasteiger partial charge < -0.3 is 18.4 Å².